The lowest BCUT2D eigenvalue weighted by Crippen LogP contribution is -2.37. The van der Waals surface area contributed by atoms with Crippen LogP contribution in [-0.4, -0.2) is 51.5 Å². The molecular weight excluding hydrogens is 497 g/mol. The van der Waals surface area contributed by atoms with Gasteiger partial charge in [0, 0.05) is 44.5 Å². The zero-order valence-electron chi connectivity index (χ0n) is 20.8. The fourth-order valence-electron chi connectivity index (χ4n) is 4.60. The van der Waals surface area contributed by atoms with E-state index in [0.29, 0.717) is 35.2 Å². The third-order valence-electron chi connectivity index (χ3n) is 6.64. The predicted octanol–water partition coefficient (Wildman–Crippen LogP) is 6.02. The molecule has 0 saturated carbocycles. The zero-order chi connectivity index (χ0) is 25.4. The summed E-state index contributed by atoms with van der Waals surface area (Å²) >= 11 is 12.1. The Morgan fingerprint density at radius 1 is 1.03 bits per heavy atom. The third-order valence-corrected chi connectivity index (χ3v) is 7.38. The van der Waals surface area contributed by atoms with Crippen LogP contribution in [-0.2, 0) is 19.5 Å². The summed E-state index contributed by atoms with van der Waals surface area (Å²) in [5.41, 5.74) is 0.353. The lowest BCUT2D eigenvalue weighted by Gasteiger charge is -2.27. The van der Waals surface area contributed by atoms with E-state index >= 15 is 0 Å². The minimum atomic E-state index is -0.862. The van der Waals surface area contributed by atoms with Gasteiger partial charge in [0.1, 0.15) is 23.9 Å². The summed E-state index contributed by atoms with van der Waals surface area (Å²) in [4.78, 5) is 6.76. The Morgan fingerprint density at radius 2 is 1.89 bits per heavy atom. The molecule has 4 rings (SSSR count). The highest BCUT2D eigenvalue weighted by atomic mass is 35.5. The van der Waals surface area contributed by atoms with E-state index in [9.17, 15) is 5.11 Å². The van der Waals surface area contributed by atoms with E-state index < -0.39 is 5.60 Å². The zero-order valence-corrected chi connectivity index (χ0v) is 22.3. The summed E-state index contributed by atoms with van der Waals surface area (Å²) in [7, 11) is 0. The van der Waals surface area contributed by atoms with Crippen molar-refractivity contribution in [1.82, 2.24) is 14.5 Å². The van der Waals surface area contributed by atoms with Gasteiger partial charge >= 0.3 is 0 Å². The molecule has 1 saturated heterocycles. The number of nitrogens with zero attached hydrogens (tertiary/aromatic N) is 3. The average Bonchev–Trinajstić information content (AvgIpc) is 3.25. The van der Waals surface area contributed by atoms with Gasteiger partial charge in [-0.3, -0.25) is 4.90 Å². The Hall–Kier alpha value is -2.25. The van der Waals surface area contributed by atoms with Gasteiger partial charge < -0.3 is 19.1 Å². The molecule has 6 nitrogen and oxygen atoms in total. The molecule has 1 aliphatic rings. The van der Waals surface area contributed by atoms with Crippen molar-refractivity contribution in [2.75, 3.05) is 26.3 Å². The molecule has 0 radical (unpaired) electrons. The van der Waals surface area contributed by atoms with Gasteiger partial charge in [0.15, 0.2) is 0 Å². The maximum absolute atomic E-state index is 11.2. The molecule has 2 aromatic carbocycles. The van der Waals surface area contributed by atoms with E-state index in [0.717, 1.165) is 57.0 Å². The van der Waals surface area contributed by atoms with Crippen molar-refractivity contribution in [2.24, 2.45) is 0 Å². The normalized spacial score (nSPS) is 18.7. The van der Waals surface area contributed by atoms with Gasteiger partial charge in [0.2, 0.25) is 0 Å². The maximum Gasteiger partial charge on any atom is 0.121 e. The molecule has 3 aromatic rings. The summed E-state index contributed by atoms with van der Waals surface area (Å²) in [6, 6.07) is 13.5. The van der Waals surface area contributed by atoms with Crippen LogP contribution in [0.2, 0.25) is 10.0 Å². The fraction of sp³-hybridized carbons (Fsp3) is 0.464. The third kappa shape index (κ3) is 7.62. The molecule has 1 N–H and O–H groups in total. The van der Waals surface area contributed by atoms with Crippen LogP contribution in [0.3, 0.4) is 0 Å². The highest BCUT2D eigenvalue weighted by Gasteiger charge is 2.31. The molecule has 36 heavy (non-hydrogen) atoms. The molecule has 194 valence electrons. The lowest BCUT2D eigenvalue weighted by molar-refractivity contribution is -0.0168. The first-order valence-corrected chi connectivity index (χ1v) is 13.4. The predicted molar refractivity (Wildman–Crippen MR) is 144 cm³/mol. The number of aromatic nitrogens is 2. The van der Waals surface area contributed by atoms with Gasteiger partial charge in [-0.2, -0.15) is 0 Å². The number of aryl methyl sites for hydroxylation is 2. The summed E-state index contributed by atoms with van der Waals surface area (Å²) in [5, 5.41) is 12.1. The number of halogens is 2. The summed E-state index contributed by atoms with van der Waals surface area (Å²) in [6.07, 6.45) is 8.02. The number of ether oxygens (including phenoxy) is 2. The number of hydrogen-bond acceptors (Lipinski definition) is 5. The summed E-state index contributed by atoms with van der Waals surface area (Å²) < 4.78 is 14.1. The number of likely N-dealkylation sites (tertiary alicyclic amines) is 1. The number of rotatable bonds is 11. The van der Waals surface area contributed by atoms with Crippen LogP contribution < -0.4 is 9.47 Å². The number of imidazole rings is 1. The minimum absolute atomic E-state index is 0.237. The van der Waals surface area contributed by atoms with Gasteiger partial charge in [-0.15, -0.1) is 0 Å². The standard InChI is InChI=1S/C28H35Cl2N3O3/c1-2-27-31-12-16-33(27)14-5-17-35-23-7-3-6-22(18-23)20-32-13-4-10-28(34,11-15-32)21-36-24-8-9-25(29)26(30)19-24/h3,6-9,12,16,18-19,34H,2,4-5,10-11,13-15,17,20-21H2,1H3/t28-/m1/s1. The SMILES string of the molecule is CCc1nccn1CCCOc1cccc(CN2CCC[C@](O)(COc3ccc(Cl)c(Cl)c3)CC2)c1. The van der Waals surface area contributed by atoms with Gasteiger partial charge in [0.05, 0.1) is 22.3 Å². The number of hydrogen-bond donors (Lipinski definition) is 1. The first kappa shape index (κ1) is 26.8. The monoisotopic (exact) mass is 531 g/mol. The van der Waals surface area contributed by atoms with Crippen molar-refractivity contribution in [3.63, 3.8) is 0 Å². The van der Waals surface area contributed by atoms with Gasteiger partial charge in [0.25, 0.3) is 0 Å². The van der Waals surface area contributed by atoms with Crippen LogP contribution in [0, 0.1) is 0 Å². The molecule has 0 bridgehead atoms. The van der Waals surface area contributed by atoms with E-state index in [2.05, 4.69) is 39.6 Å². The van der Waals surface area contributed by atoms with Gasteiger partial charge in [-0.05, 0) is 62.1 Å². The number of aliphatic hydroxyl groups is 1. The second kappa shape index (κ2) is 12.8. The Bertz CT molecular complexity index is 1120. The minimum Gasteiger partial charge on any atom is -0.494 e. The van der Waals surface area contributed by atoms with Crippen LogP contribution >= 0.6 is 23.2 Å². The summed E-state index contributed by atoms with van der Waals surface area (Å²) in [6.45, 7) is 6.50. The molecule has 0 aliphatic carbocycles. The van der Waals surface area contributed by atoms with Crippen molar-refractivity contribution < 1.29 is 14.6 Å². The molecule has 0 spiro atoms. The molecule has 1 atom stereocenters. The molecule has 1 aliphatic heterocycles. The molecule has 0 amide bonds. The molecule has 1 fully saturated rings. The van der Waals surface area contributed by atoms with Crippen LogP contribution in [0.5, 0.6) is 11.5 Å². The highest BCUT2D eigenvalue weighted by molar-refractivity contribution is 6.42. The van der Waals surface area contributed by atoms with Crippen LogP contribution in [0.25, 0.3) is 0 Å². The Kier molecular flexibility index (Phi) is 9.54. The molecule has 1 aromatic heterocycles. The lowest BCUT2D eigenvalue weighted by atomic mass is 9.96. The quantitative estimate of drug-likeness (QED) is 0.306. The first-order chi connectivity index (χ1) is 17.4. The van der Waals surface area contributed by atoms with Crippen LogP contribution in [0.4, 0.5) is 0 Å². The average molecular weight is 533 g/mol. The van der Waals surface area contributed by atoms with Gasteiger partial charge in [-0.25, -0.2) is 4.98 Å². The Balaban J connectivity index is 1.23. The molecule has 0 unspecified atom stereocenters. The van der Waals surface area contributed by atoms with Crippen molar-refractivity contribution in [3.05, 3.63) is 76.3 Å². The van der Waals surface area contributed by atoms with E-state index in [-0.39, 0.29) is 6.61 Å². The van der Waals surface area contributed by atoms with Crippen molar-refractivity contribution in [2.45, 2.75) is 57.7 Å². The van der Waals surface area contributed by atoms with E-state index in [1.165, 1.54) is 5.56 Å². The Morgan fingerprint density at radius 3 is 2.72 bits per heavy atom. The largest absolute Gasteiger partial charge is 0.494 e. The van der Waals surface area contributed by atoms with Crippen molar-refractivity contribution in [3.8, 4) is 11.5 Å². The highest BCUT2D eigenvalue weighted by Crippen LogP contribution is 2.29. The second-order valence-electron chi connectivity index (χ2n) is 9.46. The van der Waals surface area contributed by atoms with E-state index in [1.54, 1.807) is 18.2 Å². The Labute approximate surface area is 223 Å². The maximum atomic E-state index is 11.2. The molecule has 8 heteroatoms. The van der Waals surface area contributed by atoms with Crippen LogP contribution in [0.15, 0.2) is 54.9 Å². The molecule has 2 heterocycles. The topological polar surface area (TPSA) is 59.8 Å². The number of benzene rings is 2. The van der Waals surface area contributed by atoms with E-state index in [1.807, 2.05) is 18.5 Å². The van der Waals surface area contributed by atoms with E-state index in [4.69, 9.17) is 32.7 Å². The fourth-order valence-corrected chi connectivity index (χ4v) is 4.88. The summed E-state index contributed by atoms with van der Waals surface area (Å²) in [5.74, 6) is 2.63. The van der Waals surface area contributed by atoms with Crippen LogP contribution in [0.1, 0.15) is 44.0 Å². The van der Waals surface area contributed by atoms with Crippen molar-refractivity contribution in [1.29, 1.82) is 0 Å². The smallest absolute Gasteiger partial charge is 0.121 e. The molecular formula is C28H35Cl2N3O3. The van der Waals surface area contributed by atoms with Gasteiger partial charge in [-0.1, -0.05) is 42.3 Å². The first-order valence-electron chi connectivity index (χ1n) is 12.7. The second-order valence-corrected chi connectivity index (χ2v) is 10.3. The van der Waals surface area contributed by atoms with Crippen molar-refractivity contribution >= 4 is 23.2 Å².